The molecule has 2 aliphatic rings. The lowest BCUT2D eigenvalue weighted by molar-refractivity contribution is -0.142. The zero-order valence-corrected chi connectivity index (χ0v) is 22.9. The zero-order valence-electron chi connectivity index (χ0n) is 22.9. The fourth-order valence-corrected chi connectivity index (χ4v) is 6.50. The number of fused-ring (bicyclic) bond motifs is 1. The van der Waals surface area contributed by atoms with Gasteiger partial charge in [-0.2, -0.15) is 0 Å². The van der Waals surface area contributed by atoms with E-state index in [1.165, 1.54) is 16.5 Å². The SMILES string of the molecule is COc1ccc(-n2ccc3c(=O)n(CC4(O)CCN(C(=O)[C@@H]5CCCC[C@H]5c5ccccc5)CC4)cnc32)cc1. The molecule has 0 bridgehead atoms. The molecule has 2 fully saturated rings. The van der Waals surface area contributed by atoms with Crippen molar-refractivity contribution in [3.05, 3.63) is 89.1 Å². The molecule has 2 aromatic carbocycles. The fraction of sp³-hybridized carbons (Fsp3) is 0.406. The number of hydrogen-bond donors (Lipinski definition) is 1. The highest BCUT2D eigenvalue weighted by Gasteiger charge is 2.39. The number of rotatable bonds is 6. The Bertz CT molecular complexity index is 1530. The van der Waals surface area contributed by atoms with Gasteiger partial charge in [-0.15, -0.1) is 0 Å². The summed E-state index contributed by atoms with van der Waals surface area (Å²) in [7, 11) is 1.62. The number of aliphatic hydroxyl groups is 1. The minimum Gasteiger partial charge on any atom is -0.497 e. The summed E-state index contributed by atoms with van der Waals surface area (Å²) in [4.78, 5) is 33.5. The number of hydrogen-bond acceptors (Lipinski definition) is 5. The minimum atomic E-state index is -1.07. The Balaban J connectivity index is 1.14. The van der Waals surface area contributed by atoms with Gasteiger partial charge < -0.3 is 19.3 Å². The third-order valence-electron chi connectivity index (χ3n) is 8.80. The van der Waals surface area contributed by atoms with Crippen LogP contribution in [0, 0.1) is 5.92 Å². The summed E-state index contributed by atoms with van der Waals surface area (Å²) in [5, 5.41) is 12.0. The summed E-state index contributed by atoms with van der Waals surface area (Å²) in [6.45, 7) is 1.14. The van der Waals surface area contributed by atoms with Crippen LogP contribution in [0.1, 0.15) is 50.0 Å². The molecule has 1 saturated carbocycles. The van der Waals surface area contributed by atoms with Crippen molar-refractivity contribution >= 4 is 16.9 Å². The van der Waals surface area contributed by atoms with Crippen LogP contribution in [-0.4, -0.2) is 55.8 Å². The lowest BCUT2D eigenvalue weighted by atomic mass is 9.74. The summed E-state index contributed by atoms with van der Waals surface area (Å²) < 4.78 is 8.61. The smallest absolute Gasteiger partial charge is 0.262 e. The second kappa shape index (κ2) is 10.9. The Morgan fingerprint density at radius 3 is 2.48 bits per heavy atom. The highest BCUT2D eigenvalue weighted by molar-refractivity contribution is 5.80. The molecular formula is C32H36N4O4. The van der Waals surface area contributed by atoms with Crippen LogP contribution in [0.5, 0.6) is 5.75 Å². The molecule has 0 spiro atoms. The van der Waals surface area contributed by atoms with E-state index < -0.39 is 5.60 Å². The van der Waals surface area contributed by atoms with Gasteiger partial charge in [-0.25, -0.2) is 4.98 Å². The number of nitrogens with zero attached hydrogens (tertiary/aromatic N) is 4. The Hall–Kier alpha value is -3.91. The molecule has 8 heteroatoms. The number of likely N-dealkylation sites (tertiary alicyclic amines) is 1. The van der Waals surface area contributed by atoms with Crippen molar-refractivity contribution in [1.82, 2.24) is 19.0 Å². The van der Waals surface area contributed by atoms with Gasteiger partial charge in [0.2, 0.25) is 5.91 Å². The highest BCUT2D eigenvalue weighted by atomic mass is 16.5. The molecule has 1 N–H and O–H groups in total. The molecule has 1 saturated heterocycles. The zero-order chi connectivity index (χ0) is 27.7. The molecule has 0 radical (unpaired) electrons. The fourth-order valence-electron chi connectivity index (χ4n) is 6.50. The number of aromatic nitrogens is 3. The first-order valence-corrected chi connectivity index (χ1v) is 14.2. The Labute approximate surface area is 233 Å². The van der Waals surface area contributed by atoms with Gasteiger partial charge in [-0.05, 0) is 67.5 Å². The Morgan fingerprint density at radius 1 is 1.02 bits per heavy atom. The average Bonchev–Trinajstić information content (AvgIpc) is 3.44. The van der Waals surface area contributed by atoms with Crippen LogP contribution in [0.25, 0.3) is 16.7 Å². The van der Waals surface area contributed by atoms with Gasteiger partial charge in [-0.1, -0.05) is 43.2 Å². The topological polar surface area (TPSA) is 89.6 Å². The minimum absolute atomic E-state index is 0.00805. The van der Waals surface area contributed by atoms with Crippen LogP contribution in [-0.2, 0) is 11.3 Å². The van der Waals surface area contributed by atoms with Gasteiger partial charge >= 0.3 is 0 Å². The molecule has 8 nitrogen and oxygen atoms in total. The van der Waals surface area contributed by atoms with Crippen molar-refractivity contribution in [2.75, 3.05) is 20.2 Å². The van der Waals surface area contributed by atoms with Crippen molar-refractivity contribution in [3.8, 4) is 11.4 Å². The van der Waals surface area contributed by atoms with Crippen molar-refractivity contribution < 1.29 is 14.6 Å². The van der Waals surface area contributed by atoms with Crippen molar-refractivity contribution in [2.45, 2.75) is 56.6 Å². The molecule has 1 aliphatic carbocycles. The second-order valence-corrected chi connectivity index (χ2v) is 11.3. The summed E-state index contributed by atoms with van der Waals surface area (Å²) >= 11 is 0. The number of benzene rings is 2. The lowest BCUT2D eigenvalue weighted by Crippen LogP contribution is -2.51. The van der Waals surface area contributed by atoms with Crippen LogP contribution >= 0.6 is 0 Å². The van der Waals surface area contributed by atoms with Crippen LogP contribution in [0.4, 0.5) is 0 Å². The summed E-state index contributed by atoms with van der Waals surface area (Å²) in [6.07, 6.45) is 8.39. The monoisotopic (exact) mass is 540 g/mol. The van der Waals surface area contributed by atoms with Crippen LogP contribution in [0.3, 0.4) is 0 Å². The first-order valence-electron chi connectivity index (χ1n) is 14.2. The molecular weight excluding hydrogens is 504 g/mol. The van der Waals surface area contributed by atoms with Gasteiger partial charge in [0.15, 0.2) is 5.65 Å². The number of piperidine rings is 1. The maximum absolute atomic E-state index is 13.6. The van der Waals surface area contributed by atoms with Crippen molar-refractivity contribution in [2.24, 2.45) is 5.92 Å². The van der Waals surface area contributed by atoms with E-state index in [1.807, 2.05) is 46.0 Å². The predicted octanol–water partition coefficient (Wildman–Crippen LogP) is 4.52. The first-order chi connectivity index (χ1) is 19.5. The predicted molar refractivity (Wildman–Crippen MR) is 154 cm³/mol. The third kappa shape index (κ3) is 5.04. The van der Waals surface area contributed by atoms with Gasteiger partial charge in [0, 0.05) is 30.9 Å². The van der Waals surface area contributed by atoms with Crippen LogP contribution in [0.15, 0.2) is 78.0 Å². The number of ether oxygens (including phenoxy) is 1. The van der Waals surface area contributed by atoms with Crippen LogP contribution < -0.4 is 10.3 Å². The van der Waals surface area contributed by atoms with Crippen molar-refractivity contribution in [3.63, 3.8) is 0 Å². The molecule has 0 unspecified atom stereocenters. The van der Waals surface area contributed by atoms with E-state index in [4.69, 9.17) is 4.74 Å². The van der Waals surface area contributed by atoms with Gasteiger partial charge in [-0.3, -0.25) is 14.2 Å². The number of methoxy groups -OCH3 is 1. The van der Waals surface area contributed by atoms with E-state index in [1.54, 1.807) is 13.2 Å². The maximum atomic E-state index is 13.6. The van der Waals surface area contributed by atoms with Gasteiger partial charge in [0.1, 0.15) is 12.1 Å². The lowest BCUT2D eigenvalue weighted by Gasteiger charge is -2.41. The largest absolute Gasteiger partial charge is 0.497 e. The maximum Gasteiger partial charge on any atom is 0.262 e. The van der Waals surface area contributed by atoms with Crippen molar-refractivity contribution in [1.29, 1.82) is 0 Å². The molecule has 2 atom stereocenters. The number of carbonyl (C=O) groups is 1. The van der Waals surface area contributed by atoms with Gasteiger partial charge in [0.05, 0.1) is 24.6 Å². The molecule has 2 aromatic heterocycles. The Morgan fingerprint density at radius 2 is 1.75 bits per heavy atom. The molecule has 4 aromatic rings. The summed E-state index contributed by atoms with van der Waals surface area (Å²) in [6, 6.07) is 19.7. The summed E-state index contributed by atoms with van der Waals surface area (Å²) in [5.74, 6) is 1.21. The Kier molecular flexibility index (Phi) is 7.19. The quantitative estimate of drug-likeness (QED) is 0.388. The molecule has 1 amide bonds. The van der Waals surface area contributed by atoms with E-state index in [9.17, 15) is 14.7 Å². The normalized spacial score (nSPS) is 20.9. The van der Waals surface area contributed by atoms with E-state index >= 15 is 0 Å². The first kappa shape index (κ1) is 26.3. The van der Waals surface area contributed by atoms with E-state index in [-0.39, 0.29) is 29.8 Å². The van der Waals surface area contributed by atoms with Gasteiger partial charge in [0.25, 0.3) is 5.56 Å². The molecule has 1 aliphatic heterocycles. The third-order valence-corrected chi connectivity index (χ3v) is 8.80. The molecule has 208 valence electrons. The standard InChI is InChI=1S/C32H36N4O4/c1-40-25-13-11-24(12-14-25)36-18-15-28-29(36)33-22-35(31(28)38)21-32(39)16-19-34(20-17-32)30(37)27-10-6-5-9-26(27)23-7-3-2-4-8-23/h2-4,7-8,11-15,18,22,26-27,39H,5-6,9-10,16-17,19-21H2,1H3/t26-,27+/m0/s1. The molecule has 3 heterocycles. The number of amides is 1. The number of carbonyl (C=O) groups excluding carboxylic acids is 1. The molecule has 6 rings (SSSR count). The van der Waals surface area contributed by atoms with Crippen LogP contribution in [0.2, 0.25) is 0 Å². The average molecular weight is 541 g/mol. The second-order valence-electron chi connectivity index (χ2n) is 11.3. The summed E-state index contributed by atoms with van der Waals surface area (Å²) in [5.41, 5.74) is 1.44. The van der Waals surface area contributed by atoms with E-state index in [0.717, 1.165) is 37.1 Å². The van der Waals surface area contributed by atoms with E-state index in [0.29, 0.717) is 37.0 Å². The highest BCUT2D eigenvalue weighted by Crippen LogP contribution is 2.39. The van der Waals surface area contributed by atoms with E-state index in [2.05, 4.69) is 29.2 Å². The molecule has 40 heavy (non-hydrogen) atoms.